The number of carbonyl (C=O) groups excluding carboxylic acids is 1. The van der Waals surface area contributed by atoms with Gasteiger partial charge in [-0.2, -0.15) is 0 Å². The van der Waals surface area contributed by atoms with Gasteiger partial charge < -0.3 is 14.7 Å². The fraction of sp³-hybridized carbons (Fsp3) is 0.381. The number of hydrogen-bond acceptors (Lipinski definition) is 3. The summed E-state index contributed by atoms with van der Waals surface area (Å²) in [6.45, 7) is 3.33. The zero-order chi connectivity index (χ0) is 17.6. The summed E-state index contributed by atoms with van der Waals surface area (Å²) in [7, 11) is 0. The average Bonchev–Trinajstić information content (AvgIpc) is 2.67. The highest BCUT2D eigenvalue weighted by Crippen LogP contribution is 2.23. The maximum atomic E-state index is 12.8. The molecule has 2 unspecified atom stereocenters. The van der Waals surface area contributed by atoms with Gasteiger partial charge in [0.15, 0.2) is 0 Å². The number of nitrogens with zero attached hydrogens (tertiary/aromatic N) is 1. The number of piperidine rings is 1. The van der Waals surface area contributed by atoms with E-state index in [1.807, 2.05) is 59.5 Å². The number of likely N-dealkylation sites (tertiary alicyclic amines) is 1. The Morgan fingerprint density at radius 2 is 1.84 bits per heavy atom. The lowest BCUT2D eigenvalue weighted by atomic mass is 9.93. The van der Waals surface area contributed by atoms with Crippen LogP contribution in [0.1, 0.15) is 35.7 Å². The number of amides is 1. The Labute approximate surface area is 149 Å². The largest absolute Gasteiger partial charge is 0.489 e. The molecule has 1 heterocycles. The van der Waals surface area contributed by atoms with Crippen molar-refractivity contribution in [2.45, 2.75) is 32.4 Å². The third-order valence-electron chi connectivity index (χ3n) is 4.85. The first-order chi connectivity index (χ1) is 12.2. The molecule has 4 nitrogen and oxygen atoms in total. The van der Waals surface area contributed by atoms with E-state index in [1.54, 1.807) is 0 Å². The van der Waals surface area contributed by atoms with Crippen LogP contribution in [0.5, 0.6) is 5.75 Å². The second kappa shape index (κ2) is 8.17. The number of para-hydroxylation sites is 1. The van der Waals surface area contributed by atoms with Crippen LogP contribution < -0.4 is 4.74 Å². The predicted molar refractivity (Wildman–Crippen MR) is 97.5 cm³/mol. The standard InChI is InChI=1S/C21H25NO3/c1-16-7-8-18(14-23)13-22(16)21(24)19-11-9-17(10-12-19)15-25-20-5-3-2-4-6-20/h2-6,9-12,16,18,23H,7-8,13-15H2,1H3. The van der Waals surface area contributed by atoms with Crippen LogP contribution >= 0.6 is 0 Å². The summed E-state index contributed by atoms with van der Waals surface area (Å²) in [6, 6.07) is 17.5. The maximum Gasteiger partial charge on any atom is 0.254 e. The van der Waals surface area contributed by atoms with Crippen molar-refractivity contribution in [1.29, 1.82) is 0 Å². The summed E-state index contributed by atoms with van der Waals surface area (Å²) >= 11 is 0. The molecule has 2 aromatic carbocycles. The lowest BCUT2D eigenvalue weighted by molar-refractivity contribution is 0.0489. The number of hydrogen-bond donors (Lipinski definition) is 1. The van der Waals surface area contributed by atoms with Gasteiger partial charge in [0.05, 0.1) is 0 Å². The quantitative estimate of drug-likeness (QED) is 0.907. The van der Waals surface area contributed by atoms with Gasteiger partial charge in [0.1, 0.15) is 12.4 Å². The van der Waals surface area contributed by atoms with E-state index in [9.17, 15) is 9.90 Å². The van der Waals surface area contributed by atoms with Crippen molar-refractivity contribution < 1.29 is 14.6 Å². The third kappa shape index (κ3) is 4.40. The molecule has 0 aromatic heterocycles. The van der Waals surface area contributed by atoms with Gasteiger partial charge in [-0.3, -0.25) is 4.79 Å². The lowest BCUT2D eigenvalue weighted by Gasteiger charge is -2.37. The molecule has 1 N–H and O–H groups in total. The van der Waals surface area contributed by atoms with Crippen molar-refractivity contribution in [3.63, 3.8) is 0 Å². The van der Waals surface area contributed by atoms with Crippen molar-refractivity contribution in [3.05, 3.63) is 65.7 Å². The van der Waals surface area contributed by atoms with Gasteiger partial charge in [0, 0.05) is 24.8 Å². The Morgan fingerprint density at radius 1 is 1.12 bits per heavy atom. The molecule has 2 aromatic rings. The van der Waals surface area contributed by atoms with Gasteiger partial charge in [0.25, 0.3) is 5.91 Å². The summed E-state index contributed by atoms with van der Waals surface area (Å²) in [5.74, 6) is 1.07. The van der Waals surface area contributed by atoms with E-state index in [0.717, 1.165) is 24.2 Å². The van der Waals surface area contributed by atoms with E-state index < -0.39 is 0 Å². The molecule has 0 saturated carbocycles. The Bertz CT molecular complexity index is 684. The molecule has 0 bridgehead atoms. The molecule has 0 spiro atoms. The molecule has 2 atom stereocenters. The Morgan fingerprint density at radius 3 is 2.52 bits per heavy atom. The zero-order valence-corrected chi connectivity index (χ0v) is 14.6. The van der Waals surface area contributed by atoms with Crippen molar-refractivity contribution in [2.75, 3.05) is 13.2 Å². The number of aliphatic hydroxyl groups excluding tert-OH is 1. The minimum Gasteiger partial charge on any atom is -0.489 e. The molecule has 3 rings (SSSR count). The van der Waals surface area contributed by atoms with Crippen LogP contribution in [0.25, 0.3) is 0 Å². The third-order valence-corrected chi connectivity index (χ3v) is 4.85. The van der Waals surface area contributed by atoms with Gasteiger partial charge in [-0.1, -0.05) is 30.3 Å². The number of benzene rings is 2. The molecular formula is C21H25NO3. The summed E-state index contributed by atoms with van der Waals surface area (Å²) in [4.78, 5) is 14.7. The molecule has 1 aliphatic heterocycles. The summed E-state index contributed by atoms with van der Waals surface area (Å²) < 4.78 is 5.73. The van der Waals surface area contributed by atoms with Crippen LogP contribution in [0.15, 0.2) is 54.6 Å². The normalized spacial score (nSPS) is 20.3. The first-order valence-corrected chi connectivity index (χ1v) is 8.86. The SMILES string of the molecule is CC1CCC(CO)CN1C(=O)c1ccc(COc2ccccc2)cc1. The molecule has 1 fully saturated rings. The highest BCUT2D eigenvalue weighted by Gasteiger charge is 2.29. The van der Waals surface area contributed by atoms with Gasteiger partial charge in [-0.25, -0.2) is 0 Å². The van der Waals surface area contributed by atoms with Crippen molar-refractivity contribution >= 4 is 5.91 Å². The van der Waals surface area contributed by atoms with Crippen LogP contribution in [0.3, 0.4) is 0 Å². The number of aliphatic hydroxyl groups is 1. The summed E-state index contributed by atoms with van der Waals surface area (Å²) in [6.07, 6.45) is 1.93. The lowest BCUT2D eigenvalue weighted by Crippen LogP contribution is -2.46. The second-order valence-corrected chi connectivity index (χ2v) is 6.73. The Hall–Kier alpha value is -2.33. The Balaban J connectivity index is 1.62. The first-order valence-electron chi connectivity index (χ1n) is 8.86. The second-order valence-electron chi connectivity index (χ2n) is 6.73. The zero-order valence-electron chi connectivity index (χ0n) is 14.6. The van der Waals surface area contributed by atoms with Gasteiger partial charge in [0.2, 0.25) is 0 Å². The number of rotatable bonds is 5. The van der Waals surface area contributed by atoms with Crippen LogP contribution in [-0.4, -0.2) is 35.1 Å². The minimum atomic E-state index is 0.0428. The smallest absolute Gasteiger partial charge is 0.254 e. The molecule has 1 amide bonds. The highest BCUT2D eigenvalue weighted by atomic mass is 16.5. The van der Waals surface area contributed by atoms with Crippen LogP contribution in [-0.2, 0) is 6.61 Å². The number of ether oxygens (including phenoxy) is 1. The van der Waals surface area contributed by atoms with E-state index in [2.05, 4.69) is 6.92 Å². The molecule has 0 radical (unpaired) electrons. The van der Waals surface area contributed by atoms with Crippen LogP contribution in [0, 0.1) is 5.92 Å². The van der Waals surface area contributed by atoms with Crippen molar-refractivity contribution in [1.82, 2.24) is 4.90 Å². The van der Waals surface area contributed by atoms with E-state index in [4.69, 9.17) is 4.74 Å². The molecule has 1 saturated heterocycles. The molecule has 132 valence electrons. The van der Waals surface area contributed by atoms with Crippen molar-refractivity contribution in [3.8, 4) is 5.75 Å². The van der Waals surface area contributed by atoms with Crippen LogP contribution in [0.4, 0.5) is 0 Å². The molecule has 4 heteroatoms. The van der Waals surface area contributed by atoms with Gasteiger partial charge >= 0.3 is 0 Å². The molecular weight excluding hydrogens is 314 g/mol. The van der Waals surface area contributed by atoms with E-state index in [-0.39, 0.29) is 24.5 Å². The first kappa shape index (κ1) is 17.5. The van der Waals surface area contributed by atoms with Gasteiger partial charge in [-0.05, 0) is 55.5 Å². The van der Waals surface area contributed by atoms with Crippen LogP contribution in [0.2, 0.25) is 0 Å². The number of carbonyl (C=O) groups is 1. The maximum absolute atomic E-state index is 12.8. The molecule has 1 aliphatic rings. The average molecular weight is 339 g/mol. The topological polar surface area (TPSA) is 49.8 Å². The molecule has 25 heavy (non-hydrogen) atoms. The Kier molecular flexibility index (Phi) is 5.71. The molecule has 0 aliphatic carbocycles. The monoisotopic (exact) mass is 339 g/mol. The summed E-state index contributed by atoms with van der Waals surface area (Å²) in [5.41, 5.74) is 1.72. The van der Waals surface area contributed by atoms with E-state index in [1.165, 1.54) is 0 Å². The van der Waals surface area contributed by atoms with Crippen molar-refractivity contribution in [2.24, 2.45) is 5.92 Å². The predicted octanol–water partition coefficient (Wildman–Crippen LogP) is 3.50. The fourth-order valence-corrected chi connectivity index (χ4v) is 3.21. The van der Waals surface area contributed by atoms with Gasteiger partial charge in [-0.15, -0.1) is 0 Å². The van der Waals surface area contributed by atoms with E-state index >= 15 is 0 Å². The minimum absolute atomic E-state index is 0.0428. The fourth-order valence-electron chi connectivity index (χ4n) is 3.21. The highest BCUT2D eigenvalue weighted by molar-refractivity contribution is 5.94. The van der Waals surface area contributed by atoms with E-state index in [0.29, 0.717) is 18.7 Å². The summed E-state index contributed by atoms with van der Waals surface area (Å²) in [5, 5.41) is 9.38.